The van der Waals surface area contributed by atoms with Crippen LogP contribution in [0.5, 0.6) is 0 Å². The van der Waals surface area contributed by atoms with E-state index < -0.39 is 17.3 Å². The van der Waals surface area contributed by atoms with Crippen molar-refractivity contribution < 1.29 is 13.2 Å². The molecule has 4 bridgehead atoms. The molecule has 18 heavy (non-hydrogen) atoms. The summed E-state index contributed by atoms with van der Waals surface area (Å²) < 4.78 is 32.8. The van der Waals surface area contributed by atoms with Gasteiger partial charge in [0, 0.05) is 12.1 Å². The van der Waals surface area contributed by atoms with Crippen molar-refractivity contribution in [1.82, 2.24) is 5.32 Å². The maximum atomic E-state index is 13.5. The van der Waals surface area contributed by atoms with Crippen molar-refractivity contribution in [2.45, 2.75) is 50.2 Å². The van der Waals surface area contributed by atoms with Crippen molar-refractivity contribution in [3.05, 3.63) is 0 Å². The topological polar surface area (TPSA) is 49.3 Å². The van der Waals surface area contributed by atoms with Crippen LogP contribution in [0, 0.1) is 17.8 Å². The first kappa shape index (κ1) is 13.0. The zero-order chi connectivity index (χ0) is 12.8. The number of alkyl halides is 1. The van der Waals surface area contributed by atoms with Crippen LogP contribution in [-0.4, -0.2) is 32.8 Å². The maximum absolute atomic E-state index is 13.5. The molecule has 3 nitrogen and oxygen atoms in total. The van der Waals surface area contributed by atoms with Crippen LogP contribution >= 0.6 is 0 Å². The first-order valence-corrected chi connectivity index (χ1v) is 8.29. The van der Waals surface area contributed by atoms with Crippen LogP contribution in [0.1, 0.15) is 38.5 Å². The summed E-state index contributed by atoms with van der Waals surface area (Å²) in [7, 11) is 0. The minimum atomic E-state index is -2.02. The summed E-state index contributed by atoms with van der Waals surface area (Å²) in [6.45, 7) is 0.235. The van der Waals surface area contributed by atoms with Crippen LogP contribution in [-0.2, 0) is 11.1 Å². The number of rotatable bonds is 5. The van der Waals surface area contributed by atoms with E-state index in [1.165, 1.54) is 38.5 Å². The summed E-state index contributed by atoms with van der Waals surface area (Å²) in [5.41, 5.74) is 0.149. The van der Waals surface area contributed by atoms with Crippen molar-refractivity contribution in [3.8, 4) is 0 Å². The van der Waals surface area contributed by atoms with E-state index in [4.69, 9.17) is 4.55 Å². The van der Waals surface area contributed by atoms with Crippen molar-refractivity contribution in [2.75, 3.05) is 12.3 Å². The van der Waals surface area contributed by atoms with E-state index in [9.17, 15) is 8.60 Å². The van der Waals surface area contributed by atoms with E-state index in [0.717, 1.165) is 17.8 Å². The quantitative estimate of drug-likeness (QED) is 0.756. The van der Waals surface area contributed by atoms with E-state index in [1.54, 1.807) is 0 Å². The number of nitrogens with one attached hydrogen (secondary N) is 1. The Bertz CT molecular complexity index is 315. The molecule has 0 aromatic heterocycles. The van der Waals surface area contributed by atoms with Crippen molar-refractivity contribution in [2.24, 2.45) is 17.8 Å². The van der Waals surface area contributed by atoms with Gasteiger partial charge >= 0.3 is 0 Å². The van der Waals surface area contributed by atoms with Crippen molar-refractivity contribution in [3.63, 3.8) is 0 Å². The van der Waals surface area contributed by atoms with Crippen LogP contribution in [0.4, 0.5) is 4.39 Å². The normalized spacial score (nSPS) is 45.1. The standard InChI is InChI=1S/C13H22FNO2S/c14-12(8-18(16)17)7-15-13-4-9-1-10(5-13)3-11(2-9)6-13/h9-12,15H,1-8H2,(H,16,17). The third-order valence-electron chi connectivity index (χ3n) is 5.06. The predicted octanol–water partition coefficient (Wildman–Crippen LogP) is 2.10. The highest BCUT2D eigenvalue weighted by Crippen LogP contribution is 2.55. The molecular weight excluding hydrogens is 253 g/mol. The molecule has 4 saturated carbocycles. The van der Waals surface area contributed by atoms with Crippen LogP contribution in [0.3, 0.4) is 0 Å². The van der Waals surface area contributed by atoms with E-state index in [0.29, 0.717) is 0 Å². The van der Waals surface area contributed by atoms with E-state index in [2.05, 4.69) is 5.32 Å². The third kappa shape index (κ3) is 2.63. The molecule has 5 heteroatoms. The molecule has 4 rings (SSSR count). The van der Waals surface area contributed by atoms with E-state index >= 15 is 0 Å². The van der Waals surface area contributed by atoms with Gasteiger partial charge in [-0.1, -0.05) is 0 Å². The highest BCUT2D eigenvalue weighted by Gasteiger charge is 2.50. The van der Waals surface area contributed by atoms with Crippen LogP contribution < -0.4 is 5.32 Å². The van der Waals surface area contributed by atoms with Crippen molar-refractivity contribution >= 4 is 11.1 Å². The molecule has 0 spiro atoms. The molecule has 0 radical (unpaired) electrons. The highest BCUT2D eigenvalue weighted by molar-refractivity contribution is 7.79. The average Bonchev–Trinajstić information content (AvgIpc) is 2.23. The largest absolute Gasteiger partial charge is 0.308 e. The first-order chi connectivity index (χ1) is 8.55. The molecule has 0 aromatic carbocycles. The van der Waals surface area contributed by atoms with Gasteiger partial charge in [-0.25, -0.2) is 8.60 Å². The van der Waals surface area contributed by atoms with Gasteiger partial charge in [0.2, 0.25) is 0 Å². The van der Waals surface area contributed by atoms with Gasteiger partial charge in [0.05, 0.1) is 5.75 Å². The zero-order valence-electron chi connectivity index (χ0n) is 10.6. The lowest BCUT2D eigenvalue weighted by Crippen LogP contribution is -2.59. The van der Waals surface area contributed by atoms with Gasteiger partial charge in [-0.05, 0) is 56.3 Å². The SMILES string of the molecule is O=S(O)CC(F)CNC12CC3CC(CC(C3)C1)C2. The van der Waals surface area contributed by atoms with Crippen LogP contribution in [0.15, 0.2) is 0 Å². The first-order valence-electron chi connectivity index (χ1n) is 7.01. The monoisotopic (exact) mass is 275 g/mol. The Hall–Kier alpha value is -0.0000000000000000486. The summed E-state index contributed by atoms with van der Waals surface area (Å²) in [6, 6.07) is 0. The summed E-state index contributed by atoms with van der Waals surface area (Å²) in [6.07, 6.45) is 6.49. The smallest absolute Gasteiger partial charge is 0.155 e. The van der Waals surface area contributed by atoms with E-state index in [1.807, 2.05) is 0 Å². The second-order valence-corrected chi connectivity index (χ2v) is 7.64. The second-order valence-electron chi connectivity index (χ2n) is 6.66. The average molecular weight is 275 g/mol. The van der Waals surface area contributed by atoms with Gasteiger partial charge < -0.3 is 9.87 Å². The molecule has 0 saturated heterocycles. The summed E-state index contributed by atoms with van der Waals surface area (Å²) in [5.74, 6) is 2.26. The number of hydrogen-bond acceptors (Lipinski definition) is 2. The zero-order valence-corrected chi connectivity index (χ0v) is 11.4. The lowest BCUT2D eigenvalue weighted by Gasteiger charge is -2.57. The Kier molecular flexibility index (Phi) is 3.49. The predicted molar refractivity (Wildman–Crippen MR) is 69.4 cm³/mol. The molecule has 0 aliphatic heterocycles. The fraction of sp³-hybridized carbons (Fsp3) is 1.00. The van der Waals surface area contributed by atoms with Gasteiger partial charge in [-0.2, -0.15) is 0 Å². The Morgan fingerprint density at radius 3 is 2.17 bits per heavy atom. The Balaban J connectivity index is 1.57. The number of hydrogen-bond donors (Lipinski definition) is 2. The van der Waals surface area contributed by atoms with E-state index in [-0.39, 0.29) is 17.8 Å². The lowest BCUT2D eigenvalue weighted by atomic mass is 9.53. The van der Waals surface area contributed by atoms with Crippen LogP contribution in [0.25, 0.3) is 0 Å². The molecule has 2 unspecified atom stereocenters. The molecule has 104 valence electrons. The molecule has 2 N–H and O–H groups in total. The van der Waals surface area contributed by atoms with Gasteiger partial charge in [-0.15, -0.1) is 0 Å². The molecule has 0 aromatic rings. The minimum Gasteiger partial charge on any atom is -0.308 e. The lowest BCUT2D eigenvalue weighted by molar-refractivity contribution is -0.0216. The van der Waals surface area contributed by atoms with Crippen molar-refractivity contribution in [1.29, 1.82) is 0 Å². The number of halogens is 1. The van der Waals surface area contributed by atoms with Crippen LogP contribution in [0.2, 0.25) is 0 Å². The van der Waals surface area contributed by atoms with Gasteiger partial charge in [0.15, 0.2) is 11.1 Å². The van der Waals surface area contributed by atoms with Gasteiger partial charge in [0.1, 0.15) is 6.17 Å². The molecule has 4 aliphatic carbocycles. The minimum absolute atomic E-state index is 0.149. The summed E-state index contributed by atoms with van der Waals surface area (Å²) in [5, 5.41) is 3.41. The second kappa shape index (κ2) is 4.84. The maximum Gasteiger partial charge on any atom is 0.155 e. The van der Waals surface area contributed by atoms with Gasteiger partial charge in [0.25, 0.3) is 0 Å². The molecule has 4 fully saturated rings. The summed E-state index contributed by atoms with van der Waals surface area (Å²) >= 11 is -2.02. The molecule has 2 atom stereocenters. The Morgan fingerprint density at radius 2 is 1.72 bits per heavy atom. The Labute approximate surface area is 110 Å². The third-order valence-corrected chi connectivity index (χ3v) is 5.71. The molecule has 4 aliphatic rings. The fourth-order valence-electron chi connectivity index (χ4n) is 4.87. The summed E-state index contributed by atoms with van der Waals surface area (Å²) in [4.78, 5) is 0. The molecular formula is C13H22FNO2S. The highest BCUT2D eigenvalue weighted by atomic mass is 32.2. The molecule has 0 amide bonds. The fourth-order valence-corrected chi connectivity index (χ4v) is 5.30. The Morgan fingerprint density at radius 1 is 1.22 bits per heavy atom. The molecule has 0 heterocycles. The van der Waals surface area contributed by atoms with Gasteiger partial charge in [-0.3, -0.25) is 0 Å².